The van der Waals surface area contributed by atoms with E-state index in [2.05, 4.69) is 0 Å². The summed E-state index contributed by atoms with van der Waals surface area (Å²) in [6.07, 6.45) is 1.35. The zero-order chi connectivity index (χ0) is 14.9. The van der Waals surface area contributed by atoms with Crippen molar-refractivity contribution in [3.8, 4) is 0 Å². The Morgan fingerprint density at radius 1 is 1.33 bits per heavy atom. The number of nitrogens with two attached hydrogens (primary N) is 1. The monoisotopic (exact) mass is 335 g/mol. The number of nitrogens with zero attached hydrogens (tertiary/aromatic N) is 2. The molecule has 0 bridgehead atoms. The molecule has 21 heavy (non-hydrogen) atoms. The van der Waals surface area contributed by atoms with Crippen molar-refractivity contribution in [1.82, 2.24) is 9.80 Å². The van der Waals surface area contributed by atoms with Gasteiger partial charge in [-0.3, -0.25) is 9.59 Å². The highest BCUT2D eigenvalue weighted by Gasteiger charge is 2.39. The van der Waals surface area contributed by atoms with E-state index in [0.29, 0.717) is 24.6 Å². The maximum absolute atomic E-state index is 12.5. The van der Waals surface area contributed by atoms with Crippen molar-refractivity contribution in [2.45, 2.75) is 45.7 Å². The highest BCUT2D eigenvalue weighted by molar-refractivity contribution is 7.99. The van der Waals surface area contributed by atoms with Gasteiger partial charge in [0.15, 0.2) is 0 Å². The Bertz CT molecular complexity index is 400. The predicted molar refractivity (Wildman–Crippen MR) is 88.5 cm³/mol. The summed E-state index contributed by atoms with van der Waals surface area (Å²) in [7, 11) is 0. The summed E-state index contributed by atoms with van der Waals surface area (Å²) in [6, 6.07) is -0.202. The summed E-state index contributed by atoms with van der Waals surface area (Å²) < 4.78 is 0. The van der Waals surface area contributed by atoms with Crippen LogP contribution in [-0.4, -0.2) is 58.4 Å². The lowest BCUT2D eigenvalue weighted by Crippen LogP contribution is -2.49. The Hall–Kier alpha value is -0.460. The van der Waals surface area contributed by atoms with Crippen LogP contribution in [0, 0.1) is 5.41 Å². The highest BCUT2D eigenvalue weighted by Crippen LogP contribution is 2.28. The molecule has 0 aromatic heterocycles. The molecule has 1 unspecified atom stereocenters. The zero-order valence-electron chi connectivity index (χ0n) is 13.0. The van der Waals surface area contributed by atoms with Crippen LogP contribution >= 0.6 is 24.2 Å². The SMILES string of the molecule is CC(C)(C)CC(=O)N1CSCC1C(=O)N1CC[C@@H](N)C1.Cl. The Kier molecular flexibility index (Phi) is 6.37. The van der Waals surface area contributed by atoms with Crippen LogP contribution in [0.4, 0.5) is 0 Å². The number of hydrogen-bond donors (Lipinski definition) is 1. The van der Waals surface area contributed by atoms with E-state index in [4.69, 9.17) is 5.73 Å². The number of amides is 2. The lowest BCUT2D eigenvalue weighted by molar-refractivity contribution is -0.143. The summed E-state index contributed by atoms with van der Waals surface area (Å²) in [5, 5.41) is 0. The quantitative estimate of drug-likeness (QED) is 0.826. The standard InChI is InChI=1S/C14H25N3O2S.ClH/c1-14(2,3)6-12(18)17-9-20-8-11(17)13(19)16-5-4-10(15)7-16;/h10-11H,4-9,15H2,1-3H3;1H/t10-,11?;/m1./s1. The second-order valence-corrected chi connectivity index (χ2v) is 7.95. The Morgan fingerprint density at radius 3 is 2.52 bits per heavy atom. The number of thioether (sulfide) groups is 1. The molecule has 0 aromatic rings. The van der Waals surface area contributed by atoms with Crippen molar-refractivity contribution < 1.29 is 9.59 Å². The van der Waals surface area contributed by atoms with Gasteiger partial charge in [0.1, 0.15) is 6.04 Å². The fourth-order valence-electron chi connectivity index (χ4n) is 2.65. The highest BCUT2D eigenvalue weighted by atomic mass is 35.5. The molecule has 0 spiro atoms. The first-order valence-electron chi connectivity index (χ1n) is 7.19. The third-order valence-corrected chi connectivity index (χ3v) is 4.72. The van der Waals surface area contributed by atoms with Crippen LogP contribution in [-0.2, 0) is 9.59 Å². The molecule has 7 heteroatoms. The summed E-state index contributed by atoms with van der Waals surface area (Å²) in [5.74, 6) is 1.50. The van der Waals surface area contributed by atoms with Gasteiger partial charge in [0.05, 0.1) is 5.88 Å². The number of rotatable bonds is 2. The molecule has 0 aliphatic carbocycles. The van der Waals surface area contributed by atoms with E-state index in [9.17, 15) is 9.59 Å². The van der Waals surface area contributed by atoms with Gasteiger partial charge in [-0.25, -0.2) is 0 Å². The fourth-order valence-corrected chi connectivity index (χ4v) is 3.82. The molecular weight excluding hydrogens is 310 g/mol. The van der Waals surface area contributed by atoms with E-state index in [1.54, 1.807) is 16.7 Å². The van der Waals surface area contributed by atoms with Gasteiger partial charge in [0.2, 0.25) is 11.8 Å². The first-order valence-corrected chi connectivity index (χ1v) is 8.35. The zero-order valence-corrected chi connectivity index (χ0v) is 14.6. The lowest BCUT2D eigenvalue weighted by atomic mass is 9.91. The molecule has 2 N–H and O–H groups in total. The Morgan fingerprint density at radius 2 is 2.00 bits per heavy atom. The van der Waals surface area contributed by atoms with Gasteiger partial charge in [-0.15, -0.1) is 24.2 Å². The molecular formula is C14H26ClN3O2S. The van der Waals surface area contributed by atoms with Gasteiger partial charge in [-0.1, -0.05) is 20.8 Å². The van der Waals surface area contributed by atoms with Crippen molar-refractivity contribution in [2.75, 3.05) is 24.7 Å². The van der Waals surface area contributed by atoms with E-state index < -0.39 is 0 Å². The van der Waals surface area contributed by atoms with E-state index in [-0.39, 0.29) is 41.7 Å². The predicted octanol–water partition coefficient (Wildman–Crippen LogP) is 1.31. The average molecular weight is 336 g/mol. The molecule has 2 rings (SSSR count). The topological polar surface area (TPSA) is 66.6 Å². The van der Waals surface area contributed by atoms with Gasteiger partial charge >= 0.3 is 0 Å². The van der Waals surface area contributed by atoms with Crippen LogP contribution < -0.4 is 5.73 Å². The van der Waals surface area contributed by atoms with Gasteiger partial charge in [0, 0.05) is 31.3 Å². The fraction of sp³-hybridized carbons (Fsp3) is 0.857. The van der Waals surface area contributed by atoms with Crippen LogP contribution in [0.2, 0.25) is 0 Å². The van der Waals surface area contributed by atoms with Gasteiger partial charge in [0.25, 0.3) is 0 Å². The van der Waals surface area contributed by atoms with Crippen molar-refractivity contribution in [1.29, 1.82) is 0 Å². The van der Waals surface area contributed by atoms with Crippen molar-refractivity contribution in [2.24, 2.45) is 11.1 Å². The van der Waals surface area contributed by atoms with Gasteiger partial charge in [-0.2, -0.15) is 0 Å². The van der Waals surface area contributed by atoms with Crippen LogP contribution in [0.15, 0.2) is 0 Å². The number of carbonyl (C=O) groups is 2. The van der Waals surface area contributed by atoms with Crippen molar-refractivity contribution in [3.05, 3.63) is 0 Å². The van der Waals surface area contributed by atoms with E-state index in [0.717, 1.165) is 13.0 Å². The van der Waals surface area contributed by atoms with Gasteiger partial charge in [-0.05, 0) is 11.8 Å². The van der Waals surface area contributed by atoms with E-state index in [1.807, 2.05) is 25.7 Å². The van der Waals surface area contributed by atoms with Gasteiger partial charge < -0.3 is 15.5 Å². The van der Waals surface area contributed by atoms with Crippen LogP contribution in [0.3, 0.4) is 0 Å². The van der Waals surface area contributed by atoms with Crippen molar-refractivity contribution in [3.63, 3.8) is 0 Å². The third-order valence-electron chi connectivity index (χ3n) is 3.71. The molecule has 0 aromatic carbocycles. The molecule has 2 amide bonds. The lowest BCUT2D eigenvalue weighted by Gasteiger charge is -2.29. The molecule has 2 saturated heterocycles. The molecule has 2 fully saturated rings. The van der Waals surface area contributed by atoms with E-state index >= 15 is 0 Å². The molecule has 2 heterocycles. The number of halogens is 1. The number of hydrogen-bond acceptors (Lipinski definition) is 4. The second kappa shape index (κ2) is 7.20. The molecule has 122 valence electrons. The van der Waals surface area contributed by atoms with Crippen LogP contribution in [0.1, 0.15) is 33.6 Å². The minimum atomic E-state index is -0.292. The maximum Gasteiger partial charge on any atom is 0.246 e. The molecule has 2 aliphatic rings. The summed E-state index contributed by atoms with van der Waals surface area (Å²) in [6.45, 7) is 7.49. The smallest absolute Gasteiger partial charge is 0.246 e. The summed E-state index contributed by atoms with van der Waals surface area (Å²) in [5.41, 5.74) is 5.81. The second-order valence-electron chi connectivity index (χ2n) is 6.95. The summed E-state index contributed by atoms with van der Waals surface area (Å²) in [4.78, 5) is 28.5. The molecule has 0 radical (unpaired) electrons. The first kappa shape index (κ1) is 18.6. The summed E-state index contributed by atoms with van der Waals surface area (Å²) >= 11 is 1.66. The van der Waals surface area contributed by atoms with Crippen LogP contribution in [0.25, 0.3) is 0 Å². The number of carbonyl (C=O) groups excluding carboxylic acids is 2. The molecule has 0 saturated carbocycles. The first-order chi connectivity index (χ1) is 9.28. The maximum atomic E-state index is 12.5. The Labute approximate surface area is 137 Å². The minimum Gasteiger partial charge on any atom is -0.339 e. The van der Waals surface area contributed by atoms with Crippen LogP contribution in [0.5, 0.6) is 0 Å². The molecule has 5 nitrogen and oxygen atoms in total. The average Bonchev–Trinajstić information content (AvgIpc) is 2.93. The normalized spacial score (nSPS) is 25.9. The molecule has 2 atom stereocenters. The third kappa shape index (κ3) is 4.76. The minimum absolute atomic E-state index is 0. The Balaban J connectivity index is 0.00000220. The largest absolute Gasteiger partial charge is 0.339 e. The van der Waals surface area contributed by atoms with E-state index in [1.165, 1.54) is 0 Å². The number of likely N-dealkylation sites (tertiary alicyclic amines) is 1. The molecule has 2 aliphatic heterocycles. The van der Waals surface area contributed by atoms with Crippen molar-refractivity contribution >= 4 is 36.0 Å².